The Labute approximate surface area is 151 Å². The normalized spacial score (nSPS) is 11.1. The first-order valence-corrected chi connectivity index (χ1v) is 7.92. The van der Waals surface area contributed by atoms with Gasteiger partial charge in [-0.1, -0.05) is 0 Å². The van der Waals surface area contributed by atoms with Gasteiger partial charge in [-0.3, -0.25) is 15.0 Å². The molecule has 134 valence electrons. The average Bonchev–Trinajstić information content (AvgIpc) is 2.73. The van der Waals surface area contributed by atoms with Crippen LogP contribution in [0, 0.1) is 0 Å². The Hall–Kier alpha value is -3.19. The number of hydrogen-bond donors (Lipinski definition) is 1. The first-order chi connectivity index (χ1) is 12.6. The van der Waals surface area contributed by atoms with Crippen molar-refractivity contribution in [2.75, 3.05) is 21.3 Å². The molecule has 3 rings (SSSR count). The summed E-state index contributed by atoms with van der Waals surface area (Å²) < 4.78 is 16.0. The van der Waals surface area contributed by atoms with E-state index in [0.717, 1.165) is 0 Å². The quantitative estimate of drug-likeness (QED) is 0.726. The molecule has 0 spiro atoms. The zero-order valence-electron chi connectivity index (χ0n) is 14.8. The van der Waals surface area contributed by atoms with Crippen LogP contribution in [-0.4, -0.2) is 36.3 Å². The summed E-state index contributed by atoms with van der Waals surface area (Å²) in [5.41, 5.74) is 7.27. The minimum atomic E-state index is -1.22. The highest BCUT2D eigenvalue weighted by molar-refractivity contribution is 5.46. The second kappa shape index (κ2) is 7.37. The van der Waals surface area contributed by atoms with Gasteiger partial charge in [0.1, 0.15) is 22.8 Å². The minimum Gasteiger partial charge on any atom is -0.497 e. The third-order valence-corrected chi connectivity index (χ3v) is 4.11. The van der Waals surface area contributed by atoms with E-state index in [-0.39, 0.29) is 0 Å². The summed E-state index contributed by atoms with van der Waals surface area (Å²) in [6.45, 7) is 0. The first-order valence-electron chi connectivity index (χ1n) is 7.92. The van der Waals surface area contributed by atoms with E-state index in [0.29, 0.717) is 34.3 Å². The molecule has 0 aliphatic carbocycles. The number of nitrogens with two attached hydrogens (primary N) is 1. The Kier molecular flexibility index (Phi) is 4.99. The molecule has 0 amide bonds. The molecule has 0 unspecified atom stereocenters. The van der Waals surface area contributed by atoms with Crippen molar-refractivity contribution in [1.82, 2.24) is 15.0 Å². The summed E-state index contributed by atoms with van der Waals surface area (Å²) in [5.74, 6) is 1.90. The van der Waals surface area contributed by atoms with Gasteiger partial charge in [-0.2, -0.15) is 0 Å². The highest BCUT2D eigenvalue weighted by atomic mass is 16.5. The van der Waals surface area contributed by atoms with Gasteiger partial charge in [0, 0.05) is 36.8 Å². The van der Waals surface area contributed by atoms with Gasteiger partial charge in [0.15, 0.2) is 0 Å². The Bertz CT molecular complexity index is 786. The summed E-state index contributed by atoms with van der Waals surface area (Å²) >= 11 is 0. The number of nitrogens with zero attached hydrogens (tertiary/aromatic N) is 3. The lowest BCUT2D eigenvalue weighted by Gasteiger charge is -2.28. The summed E-state index contributed by atoms with van der Waals surface area (Å²) in [6.07, 6.45) is 4.91. The molecule has 7 nitrogen and oxygen atoms in total. The molecule has 26 heavy (non-hydrogen) atoms. The van der Waals surface area contributed by atoms with Crippen LogP contribution in [-0.2, 0) is 5.54 Å². The fourth-order valence-corrected chi connectivity index (χ4v) is 2.65. The van der Waals surface area contributed by atoms with Crippen molar-refractivity contribution < 1.29 is 14.2 Å². The van der Waals surface area contributed by atoms with E-state index in [9.17, 15) is 0 Å². The van der Waals surface area contributed by atoms with Crippen molar-refractivity contribution in [3.8, 4) is 17.2 Å². The zero-order chi connectivity index (χ0) is 18.6. The van der Waals surface area contributed by atoms with Gasteiger partial charge < -0.3 is 19.9 Å². The highest BCUT2D eigenvalue weighted by Gasteiger charge is 2.37. The van der Waals surface area contributed by atoms with E-state index >= 15 is 0 Å². The molecule has 0 saturated carbocycles. The Morgan fingerprint density at radius 3 is 1.23 bits per heavy atom. The molecular weight excluding hydrogens is 332 g/mol. The van der Waals surface area contributed by atoms with Crippen molar-refractivity contribution in [2.24, 2.45) is 5.73 Å². The molecule has 0 aromatic carbocycles. The number of aromatic nitrogens is 3. The number of ether oxygens (including phenoxy) is 3. The summed E-state index contributed by atoms with van der Waals surface area (Å²) in [6, 6.07) is 10.6. The van der Waals surface area contributed by atoms with Crippen LogP contribution in [0.3, 0.4) is 0 Å². The maximum Gasteiger partial charge on any atom is 0.144 e. The van der Waals surface area contributed by atoms with Crippen molar-refractivity contribution in [3.63, 3.8) is 0 Å². The lowest BCUT2D eigenvalue weighted by atomic mass is 9.86. The van der Waals surface area contributed by atoms with E-state index in [4.69, 9.17) is 19.9 Å². The van der Waals surface area contributed by atoms with Gasteiger partial charge >= 0.3 is 0 Å². The molecule has 0 radical (unpaired) electrons. The topological polar surface area (TPSA) is 92.4 Å². The number of hydrogen-bond acceptors (Lipinski definition) is 7. The molecule has 0 aliphatic heterocycles. The summed E-state index contributed by atoms with van der Waals surface area (Å²) in [4.78, 5) is 13.4. The molecule has 3 aromatic rings. The lowest BCUT2D eigenvalue weighted by molar-refractivity contribution is 0.407. The number of methoxy groups -OCH3 is 3. The van der Waals surface area contributed by atoms with Crippen LogP contribution in [0.15, 0.2) is 55.0 Å². The molecule has 2 N–H and O–H groups in total. The van der Waals surface area contributed by atoms with Crippen molar-refractivity contribution >= 4 is 0 Å². The number of rotatable bonds is 6. The van der Waals surface area contributed by atoms with E-state index in [1.807, 2.05) is 0 Å². The van der Waals surface area contributed by atoms with Gasteiger partial charge in [0.2, 0.25) is 0 Å². The van der Waals surface area contributed by atoms with Crippen molar-refractivity contribution in [2.45, 2.75) is 5.54 Å². The highest BCUT2D eigenvalue weighted by Crippen LogP contribution is 2.34. The fraction of sp³-hybridized carbons (Fsp3) is 0.211. The van der Waals surface area contributed by atoms with Crippen LogP contribution in [0.5, 0.6) is 17.2 Å². The molecular formula is C19H20N4O3. The second-order valence-electron chi connectivity index (χ2n) is 5.55. The third kappa shape index (κ3) is 3.16. The standard InChI is InChI=1S/C19H20N4O3/c1-24-13-4-7-21-16(10-13)19(20,17-11-14(25-2)5-8-22-17)18-12-15(26-3)6-9-23-18/h4-12H,20H2,1-3H3. The largest absolute Gasteiger partial charge is 0.497 e. The maximum absolute atomic E-state index is 6.88. The van der Waals surface area contributed by atoms with Crippen LogP contribution in [0.1, 0.15) is 17.1 Å². The summed E-state index contributed by atoms with van der Waals surface area (Å²) in [7, 11) is 4.76. The summed E-state index contributed by atoms with van der Waals surface area (Å²) in [5, 5.41) is 0. The van der Waals surface area contributed by atoms with E-state index in [1.54, 1.807) is 76.3 Å². The molecule has 0 aliphatic rings. The molecule has 3 aromatic heterocycles. The Balaban J connectivity index is 2.26. The predicted molar refractivity (Wildman–Crippen MR) is 96.4 cm³/mol. The zero-order valence-corrected chi connectivity index (χ0v) is 14.8. The van der Waals surface area contributed by atoms with Crippen molar-refractivity contribution in [3.05, 3.63) is 72.1 Å². The molecule has 0 fully saturated rings. The van der Waals surface area contributed by atoms with E-state index in [1.165, 1.54) is 0 Å². The van der Waals surface area contributed by atoms with Crippen molar-refractivity contribution in [1.29, 1.82) is 0 Å². The predicted octanol–water partition coefficient (Wildman–Crippen LogP) is 2.15. The smallest absolute Gasteiger partial charge is 0.144 e. The van der Waals surface area contributed by atoms with Gasteiger partial charge in [-0.15, -0.1) is 0 Å². The molecule has 0 atom stereocenters. The Morgan fingerprint density at radius 2 is 0.962 bits per heavy atom. The lowest BCUT2D eigenvalue weighted by Crippen LogP contribution is -2.41. The van der Waals surface area contributed by atoms with E-state index < -0.39 is 5.54 Å². The minimum absolute atomic E-state index is 0.540. The molecule has 0 saturated heterocycles. The van der Waals surface area contributed by atoms with E-state index in [2.05, 4.69) is 15.0 Å². The van der Waals surface area contributed by atoms with Gasteiger partial charge in [0.25, 0.3) is 0 Å². The van der Waals surface area contributed by atoms with Crippen LogP contribution < -0.4 is 19.9 Å². The number of pyridine rings is 3. The SMILES string of the molecule is COc1ccnc(C(N)(c2cc(OC)ccn2)c2cc(OC)ccn2)c1. The van der Waals surface area contributed by atoms with Crippen LogP contribution in [0.4, 0.5) is 0 Å². The maximum atomic E-state index is 6.88. The second-order valence-corrected chi connectivity index (χ2v) is 5.55. The van der Waals surface area contributed by atoms with Crippen LogP contribution in [0.2, 0.25) is 0 Å². The van der Waals surface area contributed by atoms with Gasteiger partial charge in [0.05, 0.1) is 38.4 Å². The molecule has 3 heterocycles. The average molecular weight is 352 g/mol. The fourth-order valence-electron chi connectivity index (χ4n) is 2.65. The van der Waals surface area contributed by atoms with Gasteiger partial charge in [-0.25, -0.2) is 0 Å². The first kappa shape index (κ1) is 17.6. The molecule has 0 bridgehead atoms. The van der Waals surface area contributed by atoms with Crippen LogP contribution in [0.25, 0.3) is 0 Å². The molecule has 7 heteroatoms. The monoisotopic (exact) mass is 352 g/mol. The third-order valence-electron chi connectivity index (χ3n) is 4.11. The Morgan fingerprint density at radius 1 is 0.654 bits per heavy atom. The van der Waals surface area contributed by atoms with Crippen LogP contribution >= 0.6 is 0 Å². The van der Waals surface area contributed by atoms with Gasteiger partial charge in [-0.05, 0) is 18.2 Å².